The van der Waals surface area contributed by atoms with Crippen LogP contribution >= 0.6 is 0 Å². The average Bonchev–Trinajstić information content (AvgIpc) is 3.12. The zero-order chi connectivity index (χ0) is 18.8. The molecular formula is C22H20N4O. The molecule has 1 amide bonds. The monoisotopic (exact) mass is 356 g/mol. The van der Waals surface area contributed by atoms with Crippen molar-refractivity contribution in [1.82, 2.24) is 19.9 Å². The van der Waals surface area contributed by atoms with Crippen molar-refractivity contribution in [2.24, 2.45) is 0 Å². The summed E-state index contributed by atoms with van der Waals surface area (Å²) in [5, 5.41) is 7.71. The van der Waals surface area contributed by atoms with E-state index in [9.17, 15) is 4.79 Å². The predicted molar refractivity (Wildman–Crippen MR) is 106 cm³/mol. The Morgan fingerprint density at radius 3 is 2.22 bits per heavy atom. The largest absolute Gasteiger partial charge is 0.350 e. The van der Waals surface area contributed by atoms with Crippen molar-refractivity contribution < 1.29 is 4.79 Å². The molecule has 5 nitrogen and oxygen atoms in total. The van der Waals surface area contributed by atoms with Gasteiger partial charge in [0.1, 0.15) is 0 Å². The van der Waals surface area contributed by atoms with Crippen LogP contribution in [0.4, 0.5) is 0 Å². The third-order valence-corrected chi connectivity index (χ3v) is 4.26. The van der Waals surface area contributed by atoms with Gasteiger partial charge in [-0.3, -0.25) is 4.79 Å². The second-order valence-corrected chi connectivity index (χ2v) is 6.68. The van der Waals surface area contributed by atoms with Crippen molar-refractivity contribution in [2.45, 2.75) is 19.9 Å². The molecule has 134 valence electrons. The van der Waals surface area contributed by atoms with E-state index in [4.69, 9.17) is 5.10 Å². The Morgan fingerprint density at radius 2 is 1.59 bits per heavy atom. The highest BCUT2D eigenvalue weighted by atomic mass is 16.1. The molecule has 0 saturated carbocycles. The molecule has 1 N–H and O–H groups in total. The molecule has 0 aliphatic carbocycles. The van der Waals surface area contributed by atoms with Gasteiger partial charge in [0, 0.05) is 29.4 Å². The second-order valence-electron chi connectivity index (χ2n) is 6.68. The van der Waals surface area contributed by atoms with Crippen molar-refractivity contribution in [1.29, 1.82) is 0 Å². The van der Waals surface area contributed by atoms with Gasteiger partial charge in [0.25, 0.3) is 5.91 Å². The molecule has 2 aromatic carbocycles. The highest BCUT2D eigenvalue weighted by molar-refractivity contribution is 6.00. The predicted octanol–water partition coefficient (Wildman–Crippen LogP) is 4.20. The van der Waals surface area contributed by atoms with Gasteiger partial charge in [-0.05, 0) is 13.8 Å². The zero-order valence-corrected chi connectivity index (χ0v) is 15.3. The summed E-state index contributed by atoms with van der Waals surface area (Å²) in [4.78, 5) is 17.3. The van der Waals surface area contributed by atoms with Crippen molar-refractivity contribution in [3.05, 3.63) is 78.5 Å². The first-order chi connectivity index (χ1) is 13.1. The molecule has 0 aliphatic rings. The van der Waals surface area contributed by atoms with E-state index in [1.54, 1.807) is 10.7 Å². The lowest BCUT2D eigenvalue weighted by Crippen LogP contribution is -2.31. The lowest BCUT2D eigenvalue weighted by Gasteiger charge is -2.13. The first-order valence-electron chi connectivity index (χ1n) is 8.94. The number of nitrogens with zero attached hydrogens (tertiary/aromatic N) is 3. The number of rotatable bonds is 4. The Bertz CT molecular complexity index is 1090. The van der Waals surface area contributed by atoms with Crippen LogP contribution in [0.15, 0.2) is 72.9 Å². The van der Waals surface area contributed by atoms with Gasteiger partial charge in [-0.1, -0.05) is 60.7 Å². The molecule has 0 aliphatic heterocycles. The lowest BCUT2D eigenvalue weighted by atomic mass is 10.1. The van der Waals surface area contributed by atoms with Crippen LogP contribution in [0.1, 0.15) is 24.2 Å². The summed E-state index contributed by atoms with van der Waals surface area (Å²) < 4.78 is 1.76. The van der Waals surface area contributed by atoms with Gasteiger partial charge in [-0.25, -0.2) is 9.50 Å². The van der Waals surface area contributed by atoms with E-state index < -0.39 is 0 Å². The number of nitrogens with one attached hydrogen (secondary N) is 1. The highest BCUT2D eigenvalue weighted by Crippen LogP contribution is 2.27. The van der Waals surface area contributed by atoms with E-state index in [1.807, 2.05) is 80.6 Å². The topological polar surface area (TPSA) is 59.3 Å². The van der Waals surface area contributed by atoms with E-state index in [-0.39, 0.29) is 11.9 Å². The Hall–Kier alpha value is -3.47. The van der Waals surface area contributed by atoms with Crippen LogP contribution in [0.2, 0.25) is 0 Å². The SMILES string of the molecule is CC(C)NC(=O)c1cnc2cc(-c3ccccc3)nn2c1-c1ccccc1. The molecule has 0 unspecified atom stereocenters. The van der Waals surface area contributed by atoms with Crippen LogP contribution in [0.5, 0.6) is 0 Å². The Kier molecular flexibility index (Phi) is 4.42. The number of carbonyl (C=O) groups is 1. The number of hydrogen-bond acceptors (Lipinski definition) is 3. The Balaban J connectivity index is 1.95. The number of carbonyl (C=O) groups excluding carboxylic acids is 1. The average molecular weight is 356 g/mol. The fraction of sp³-hybridized carbons (Fsp3) is 0.136. The lowest BCUT2D eigenvalue weighted by molar-refractivity contribution is 0.0943. The summed E-state index contributed by atoms with van der Waals surface area (Å²) >= 11 is 0. The molecule has 0 spiro atoms. The van der Waals surface area contributed by atoms with Gasteiger partial charge >= 0.3 is 0 Å². The minimum Gasteiger partial charge on any atom is -0.350 e. The van der Waals surface area contributed by atoms with Gasteiger partial charge < -0.3 is 5.32 Å². The molecular weight excluding hydrogens is 336 g/mol. The van der Waals surface area contributed by atoms with Crippen molar-refractivity contribution in [2.75, 3.05) is 0 Å². The van der Waals surface area contributed by atoms with E-state index in [0.29, 0.717) is 11.2 Å². The van der Waals surface area contributed by atoms with Crippen molar-refractivity contribution >= 4 is 11.6 Å². The molecule has 4 rings (SSSR count). The Labute approximate surface area is 157 Å². The molecule has 0 radical (unpaired) electrons. The summed E-state index contributed by atoms with van der Waals surface area (Å²) in [7, 11) is 0. The maximum atomic E-state index is 12.8. The van der Waals surface area contributed by atoms with Gasteiger partial charge in [-0.2, -0.15) is 5.10 Å². The first-order valence-corrected chi connectivity index (χ1v) is 8.94. The molecule has 0 atom stereocenters. The molecule has 5 heteroatoms. The standard InChI is InChI=1S/C22H20N4O/c1-15(2)24-22(27)18-14-23-20-13-19(16-9-5-3-6-10-16)25-26(20)21(18)17-11-7-4-8-12-17/h3-15H,1-2H3,(H,24,27). The van der Waals surface area contributed by atoms with E-state index in [0.717, 1.165) is 22.5 Å². The molecule has 27 heavy (non-hydrogen) atoms. The number of hydrogen-bond donors (Lipinski definition) is 1. The summed E-state index contributed by atoms with van der Waals surface area (Å²) in [5.74, 6) is -0.157. The second kappa shape index (κ2) is 7.03. The summed E-state index contributed by atoms with van der Waals surface area (Å²) in [6, 6.07) is 21.7. The normalized spacial score (nSPS) is 11.1. The molecule has 2 aromatic heterocycles. The molecule has 0 bridgehead atoms. The van der Waals surface area contributed by atoms with Gasteiger partial charge in [-0.15, -0.1) is 0 Å². The number of amides is 1. The van der Waals surface area contributed by atoms with Crippen LogP contribution < -0.4 is 5.32 Å². The summed E-state index contributed by atoms with van der Waals surface area (Å²) in [6.07, 6.45) is 1.63. The number of fused-ring (bicyclic) bond motifs is 1. The quantitative estimate of drug-likeness (QED) is 0.596. The van der Waals surface area contributed by atoms with Gasteiger partial charge in [0.15, 0.2) is 5.65 Å². The van der Waals surface area contributed by atoms with Crippen molar-refractivity contribution in [3.63, 3.8) is 0 Å². The van der Waals surface area contributed by atoms with Gasteiger partial charge in [0.2, 0.25) is 0 Å². The third-order valence-electron chi connectivity index (χ3n) is 4.26. The minimum atomic E-state index is -0.157. The maximum Gasteiger partial charge on any atom is 0.255 e. The van der Waals surface area contributed by atoms with Crippen LogP contribution in [0.25, 0.3) is 28.2 Å². The van der Waals surface area contributed by atoms with Gasteiger partial charge in [0.05, 0.1) is 17.0 Å². The number of benzene rings is 2. The van der Waals surface area contributed by atoms with E-state index in [2.05, 4.69) is 10.3 Å². The smallest absolute Gasteiger partial charge is 0.255 e. The number of aromatic nitrogens is 3. The van der Waals surface area contributed by atoms with Crippen LogP contribution in [0, 0.1) is 0 Å². The van der Waals surface area contributed by atoms with Crippen molar-refractivity contribution in [3.8, 4) is 22.5 Å². The van der Waals surface area contributed by atoms with E-state index >= 15 is 0 Å². The van der Waals surface area contributed by atoms with Crippen LogP contribution in [0.3, 0.4) is 0 Å². The van der Waals surface area contributed by atoms with Crippen LogP contribution in [-0.2, 0) is 0 Å². The maximum absolute atomic E-state index is 12.8. The summed E-state index contributed by atoms with van der Waals surface area (Å²) in [6.45, 7) is 3.88. The Morgan fingerprint density at radius 1 is 0.963 bits per heavy atom. The molecule has 0 saturated heterocycles. The first kappa shape index (κ1) is 17.0. The molecule has 4 aromatic rings. The zero-order valence-electron chi connectivity index (χ0n) is 15.3. The minimum absolute atomic E-state index is 0.0364. The fourth-order valence-electron chi connectivity index (χ4n) is 3.06. The van der Waals surface area contributed by atoms with Crippen LogP contribution in [-0.4, -0.2) is 26.5 Å². The van der Waals surface area contributed by atoms with E-state index in [1.165, 1.54) is 0 Å². The highest BCUT2D eigenvalue weighted by Gasteiger charge is 2.19. The fourth-order valence-corrected chi connectivity index (χ4v) is 3.06. The summed E-state index contributed by atoms with van der Waals surface area (Å²) in [5.41, 5.74) is 4.69. The third kappa shape index (κ3) is 3.31. The molecule has 2 heterocycles. The molecule has 0 fully saturated rings.